The van der Waals surface area contributed by atoms with Crippen LogP contribution in [0.25, 0.3) is 6.08 Å². The summed E-state index contributed by atoms with van der Waals surface area (Å²) >= 11 is 1.66. The molecule has 0 N–H and O–H groups in total. The maximum Gasteiger partial charge on any atom is 0.115 e. The first-order chi connectivity index (χ1) is 7.38. The number of thiazole rings is 1. The Labute approximate surface area is 94.1 Å². The third-order valence-corrected chi connectivity index (χ3v) is 3.15. The zero-order valence-corrected chi connectivity index (χ0v) is 9.33. The molecule has 1 nitrogen and oxygen atoms in total. The van der Waals surface area contributed by atoms with E-state index in [9.17, 15) is 0 Å². The lowest BCUT2D eigenvalue weighted by molar-refractivity contribution is 0.924. The van der Waals surface area contributed by atoms with E-state index in [-0.39, 0.29) is 0 Å². The molecule has 0 bridgehead atoms. The average molecular weight is 215 g/mol. The van der Waals surface area contributed by atoms with Gasteiger partial charge in [-0.2, -0.15) is 0 Å². The van der Waals surface area contributed by atoms with Crippen LogP contribution < -0.4 is 0 Å². The van der Waals surface area contributed by atoms with Gasteiger partial charge in [-0.1, -0.05) is 36.9 Å². The number of aryl methyl sites for hydroxylation is 2. The van der Waals surface area contributed by atoms with Crippen molar-refractivity contribution in [1.29, 1.82) is 0 Å². The highest BCUT2D eigenvalue weighted by molar-refractivity contribution is 7.10. The molecule has 2 aromatic rings. The number of rotatable bonds is 4. The van der Waals surface area contributed by atoms with Crippen molar-refractivity contribution in [2.75, 3.05) is 0 Å². The van der Waals surface area contributed by atoms with E-state index in [1.807, 2.05) is 6.07 Å². The second-order valence-corrected chi connectivity index (χ2v) is 4.26. The predicted octanol–water partition coefficient (Wildman–Crippen LogP) is 3.57. The van der Waals surface area contributed by atoms with Crippen LogP contribution in [0.15, 0.2) is 42.3 Å². The topological polar surface area (TPSA) is 12.9 Å². The van der Waals surface area contributed by atoms with Crippen molar-refractivity contribution in [2.24, 2.45) is 0 Å². The fraction of sp³-hybridized carbons (Fsp3) is 0.154. The fourth-order valence-electron chi connectivity index (χ4n) is 1.45. The minimum Gasteiger partial charge on any atom is -0.242 e. The van der Waals surface area contributed by atoms with Crippen molar-refractivity contribution in [3.63, 3.8) is 0 Å². The molecule has 1 aromatic carbocycles. The van der Waals surface area contributed by atoms with Crippen LogP contribution in [0, 0.1) is 0 Å². The number of hydrogen-bond acceptors (Lipinski definition) is 2. The van der Waals surface area contributed by atoms with Gasteiger partial charge in [0.1, 0.15) is 5.01 Å². The van der Waals surface area contributed by atoms with Gasteiger partial charge in [0.2, 0.25) is 0 Å². The Morgan fingerprint density at radius 3 is 2.67 bits per heavy atom. The van der Waals surface area contributed by atoms with Gasteiger partial charge in [-0.3, -0.25) is 0 Å². The van der Waals surface area contributed by atoms with Crippen molar-refractivity contribution in [1.82, 2.24) is 4.98 Å². The third-order valence-electron chi connectivity index (χ3n) is 2.26. The van der Waals surface area contributed by atoms with Crippen molar-refractivity contribution in [3.05, 3.63) is 58.6 Å². The van der Waals surface area contributed by atoms with Crippen LogP contribution in [-0.2, 0) is 12.8 Å². The summed E-state index contributed by atoms with van der Waals surface area (Å²) in [5, 5.41) is 3.12. The molecule has 0 aliphatic carbocycles. The first kappa shape index (κ1) is 10.1. The lowest BCUT2D eigenvalue weighted by Crippen LogP contribution is -1.91. The first-order valence-electron chi connectivity index (χ1n) is 4.99. The zero-order chi connectivity index (χ0) is 10.5. The normalized spacial score (nSPS) is 10.1. The second-order valence-electron chi connectivity index (χ2n) is 3.37. The van der Waals surface area contributed by atoms with E-state index in [1.54, 1.807) is 17.4 Å². The molecule has 0 fully saturated rings. The minimum atomic E-state index is 1.01. The van der Waals surface area contributed by atoms with Crippen LogP contribution in [0.2, 0.25) is 0 Å². The number of nitrogens with zero attached hydrogens (tertiary/aromatic N) is 1. The van der Waals surface area contributed by atoms with E-state index >= 15 is 0 Å². The van der Waals surface area contributed by atoms with Gasteiger partial charge in [0.05, 0.1) is 5.69 Å². The highest BCUT2D eigenvalue weighted by Crippen LogP contribution is 2.13. The summed E-state index contributed by atoms with van der Waals surface area (Å²) in [4.78, 5) is 4.44. The van der Waals surface area contributed by atoms with Gasteiger partial charge in [0.15, 0.2) is 0 Å². The summed E-state index contributed by atoms with van der Waals surface area (Å²) < 4.78 is 0. The molecule has 0 amide bonds. The van der Waals surface area contributed by atoms with Gasteiger partial charge in [-0.15, -0.1) is 11.3 Å². The molecule has 1 aromatic heterocycles. The molecule has 0 saturated carbocycles. The molecule has 0 unspecified atom stereocenters. The number of benzene rings is 1. The summed E-state index contributed by atoms with van der Waals surface area (Å²) in [7, 11) is 0. The highest BCUT2D eigenvalue weighted by Gasteiger charge is 1.99. The largest absolute Gasteiger partial charge is 0.242 e. The zero-order valence-electron chi connectivity index (χ0n) is 8.52. The van der Waals surface area contributed by atoms with Crippen molar-refractivity contribution < 1.29 is 0 Å². The van der Waals surface area contributed by atoms with Gasteiger partial charge in [0.25, 0.3) is 0 Å². The van der Waals surface area contributed by atoms with E-state index < -0.39 is 0 Å². The van der Waals surface area contributed by atoms with Gasteiger partial charge < -0.3 is 0 Å². The molecular weight excluding hydrogens is 202 g/mol. The highest BCUT2D eigenvalue weighted by atomic mass is 32.1. The Hall–Kier alpha value is -1.41. The first-order valence-corrected chi connectivity index (χ1v) is 5.87. The predicted molar refractivity (Wildman–Crippen MR) is 66.1 cm³/mol. The van der Waals surface area contributed by atoms with Crippen LogP contribution in [-0.4, -0.2) is 4.98 Å². The molecule has 15 heavy (non-hydrogen) atoms. The van der Waals surface area contributed by atoms with E-state index in [0.717, 1.165) is 17.8 Å². The Morgan fingerprint density at radius 1 is 1.20 bits per heavy atom. The number of aromatic nitrogens is 1. The molecule has 0 saturated heterocycles. The fourth-order valence-corrected chi connectivity index (χ4v) is 2.14. The van der Waals surface area contributed by atoms with E-state index in [1.165, 1.54) is 11.3 Å². The molecule has 0 spiro atoms. The molecule has 0 atom stereocenters. The lowest BCUT2D eigenvalue weighted by Gasteiger charge is -1.97. The standard InChI is InChI=1S/C13H13NS/c1-2-13-14-12(10-15-13)9-8-11-6-4-3-5-7-11/h2-7,10H,1,8-9H2. The molecule has 76 valence electrons. The van der Waals surface area contributed by atoms with Crippen LogP contribution in [0.5, 0.6) is 0 Å². The summed E-state index contributed by atoms with van der Waals surface area (Å²) in [6, 6.07) is 10.5. The Morgan fingerprint density at radius 2 is 2.00 bits per heavy atom. The smallest absolute Gasteiger partial charge is 0.115 e. The number of hydrogen-bond donors (Lipinski definition) is 0. The van der Waals surface area contributed by atoms with Crippen LogP contribution >= 0.6 is 11.3 Å². The Kier molecular flexibility index (Phi) is 3.30. The maximum atomic E-state index is 4.44. The minimum absolute atomic E-state index is 1.01. The summed E-state index contributed by atoms with van der Waals surface area (Å²) in [6.07, 6.45) is 3.87. The van der Waals surface area contributed by atoms with E-state index in [0.29, 0.717) is 0 Å². The molecule has 1 heterocycles. The molecule has 0 aliphatic rings. The second kappa shape index (κ2) is 4.89. The average Bonchev–Trinajstić information content (AvgIpc) is 2.76. The van der Waals surface area contributed by atoms with Crippen molar-refractivity contribution in [2.45, 2.75) is 12.8 Å². The summed E-state index contributed by atoms with van der Waals surface area (Å²) in [5.41, 5.74) is 2.53. The SMILES string of the molecule is C=Cc1nc(CCc2ccccc2)cs1. The third kappa shape index (κ3) is 2.77. The Bertz CT molecular complexity index is 431. The van der Waals surface area contributed by atoms with Gasteiger partial charge in [-0.25, -0.2) is 4.98 Å². The van der Waals surface area contributed by atoms with Gasteiger partial charge in [0, 0.05) is 5.38 Å². The maximum absolute atomic E-state index is 4.44. The van der Waals surface area contributed by atoms with Crippen molar-refractivity contribution >= 4 is 17.4 Å². The molecule has 2 rings (SSSR count). The van der Waals surface area contributed by atoms with Gasteiger partial charge in [-0.05, 0) is 24.5 Å². The van der Waals surface area contributed by atoms with Crippen LogP contribution in [0.4, 0.5) is 0 Å². The molecule has 0 aliphatic heterocycles. The lowest BCUT2D eigenvalue weighted by atomic mass is 10.1. The monoisotopic (exact) mass is 215 g/mol. The molecule has 0 radical (unpaired) electrons. The van der Waals surface area contributed by atoms with E-state index in [2.05, 4.69) is 41.2 Å². The van der Waals surface area contributed by atoms with Crippen molar-refractivity contribution in [3.8, 4) is 0 Å². The molecular formula is C13H13NS. The van der Waals surface area contributed by atoms with Crippen LogP contribution in [0.3, 0.4) is 0 Å². The summed E-state index contributed by atoms with van der Waals surface area (Å²) in [5.74, 6) is 0. The summed E-state index contributed by atoms with van der Waals surface area (Å²) in [6.45, 7) is 3.71. The van der Waals surface area contributed by atoms with Crippen LogP contribution in [0.1, 0.15) is 16.3 Å². The van der Waals surface area contributed by atoms with E-state index in [4.69, 9.17) is 0 Å². The molecule has 2 heteroatoms. The quantitative estimate of drug-likeness (QED) is 0.759. The Balaban J connectivity index is 1.96. The van der Waals surface area contributed by atoms with Gasteiger partial charge >= 0.3 is 0 Å².